The maximum atomic E-state index is 13.7. The van der Waals surface area contributed by atoms with Gasteiger partial charge in [0.2, 0.25) is 0 Å². The first kappa shape index (κ1) is 46.6. The summed E-state index contributed by atoms with van der Waals surface area (Å²) < 4.78 is 28.9. The van der Waals surface area contributed by atoms with Crippen molar-refractivity contribution in [3.63, 3.8) is 0 Å². The van der Waals surface area contributed by atoms with E-state index < -0.39 is 139 Å². The Labute approximate surface area is 351 Å². The third kappa shape index (κ3) is 6.62. The van der Waals surface area contributed by atoms with Crippen molar-refractivity contribution in [2.24, 2.45) is 50.2 Å². The van der Waals surface area contributed by atoms with Crippen LogP contribution in [-0.2, 0) is 28.5 Å². The normalized spacial score (nSPS) is 52.2. The maximum absolute atomic E-state index is 13.7. The van der Waals surface area contributed by atoms with Crippen molar-refractivity contribution in [3.05, 3.63) is 11.6 Å². The molecular formula is C43H70O17. The molecule has 7 aliphatic rings. The number of esters is 1. The number of methoxy groups -OCH3 is 1. The van der Waals surface area contributed by atoms with Crippen LogP contribution in [0.4, 0.5) is 0 Å². The average Bonchev–Trinajstić information content (AvgIpc) is 3.20. The summed E-state index contributed by atoms with van der Waals surface area (Å²) in [5, 5.41) is 121. The molecule has 0 bridgehead atoms. The van der Waals surface area contributed by atoms with Crippen molar-refractivity contribution in [2.45, 2.75) is 166 Å². The average molecular weight is 859 g/mol. The molecule has 4 saturated carbocycles. The van der Waals surface area contributed by atoms with Crippen molar-refractivity contribution >= 4 is 5.97 Å². The minimum atomic E-state index is -1.89. The van der Waals surface area contributed by atoms with Crippen LogP contribution >= 0.6 is 0 Å². The van der Waals surface area contributed by atoms with Gasteiger partial charge in [0, 0.05) is 5.41 Å². The number of ether oxygens (including phenoxy) is 5. The fourth-order valence-corrected chi connectivity index (χ4v) is 14.1. The highest BCUT2D eigenvalue weighted by atomic mass is 16.7. The van der Waals surface area contributed by atoms with E-state index in [-0.39, 0.29) is 29.6 Å². The molecule has 0 spiro atoms. The van der Waals surface area contributed by atoms with Gasteiger partial charge in [0.25, 0.3) is 0 Å². The second-order valence-electron chi connectivity index (χ2n) is 20.8. The summed E-state index contributed by atoms with van der Waals surface area (Å²) in [5.74, 6) is -1.16. The lowest BCUT2D eigenvalue weighted by Gasteiger charge is -2.72. The minimum Gasteiger partial charge on any atom is -0.468 e. The zero-order valence-corrected chi connectivity index (χ0v) is 35.7. The molecule has 6 fully saturated rings. The van der Waals surface area contributed by atoms with Gasteiger partial charge in [-0.2, -0.15) is 0 Å². The lowest BCUT2D eigenvalue weighted by atomic mass is 9.33. The largest absolute Gasteiger partial charge is 0.468 e. The summed E-state index contributed by atoms with van der Waals surface area (Å²) in [4.78, 5) is 13.7. The van der Waals surface area contributed by atoms with E-state index in [2.05, 4.69) is 40.7 Å². The summed E-state index contributed by atoms with van der Waals surface area (Å²) in [7, 11) is 1.38. The topological polar surface area (TPSA) is 286 Å². The van der Waals surface area contributed by atoms with Crippen molar-refractivity contribution in [2.75, 3.05) is 33.5 Å². The van der Waals surface area contributed by atoms with Crippen LogP contribution in [0.1, 0.15) is 86.0 Å². The molecule has 0 aromatic rings. The molecule has 11 N–H and O–H groups in total. The SMILES string of the molecule is COC(=O)[C@]12CCC(C)(C)C[C@H]1C1=CC[C@@H]3[C@@]4(C)C[C@H](O)[C@H](O[C@@H]5O[C@H](CO)[C@@H](O)[C@H](O[C@@H]6O[C@H](CO)[C@@H](O)[C@H](O)[C@H]6O)[C@H]5O)C(CO)(CO)[C@@H]4CC[C@@]3(C)[C@]1(C)C[C@H]2O. The number of aliphatic hydroxyl groups is 11. The van der Waals surface area contributed by atoms with E-state index in [1.807, 2.05) is 0 Å². The number of carbonyl (C=O) groups excluding carboxylic acids is 1. The second-order valence-corrected chi connectivity index (χ2v) is 20.8. The molecule has 2 heterocycles. The van der Waals surface area contributed by atoms with Gasteiger partial charge in [0.05, 0.1) is 51.8 Å². The van der Waals surface area contributed by atoms with Gasteiger partial charge in [-0.05, 0) is 90.8 Å². The monoisotopic (exact) mass is 858 g/mol. The van der Waals surface area contributed by atoms with Crippen LogP contribution in [0.3, 0.4) is 0 Å². The molecule has 5 aliphatic carbocycles. The van der Waals surface area contributed by atoms with E-state index in [0.717, 1.165) is 12.8 Å². The molecular weight excluding hydrogens is 788 g/mol. The van der Waals surface area contributed by atoms with E-state index in [1.54, 1.807) is 0 Å². The Hall–Kier alpha value is -1.39. The Morgan fingerprint density at radius 1 is 0.733 bits per heavy atom. The van der Waals surface area contributed by atoms with E-state index in [1.165, 1.54) is 12.7 Å². The quantitative estimate of drug-likeness (QED) is 0.0742. The van der Waals surface area contributed by atoms with Gasteiger partial charge >= 0.3 is 5.97 Å². The van der Waals surface area contributed by atoms with Crippen LogP contribution in [0.2, 0.25) is 0 Å². The van der Waals surface area contributed by atoms with E-state index >= 15 is 0 Å². The summed E-state index contributed by atoms with van der Waals surface area (Å²) in [6.45, 7) is 8.15. The van der Waals surface area contributed by atoms with Crippen molar-refractivity contribution in [3.8, 4) is 0 Å². The molecule has 0 unspecified atom stereocenters. The molecule has 0 aromatic heterocycles. The van der Waals surface area contributed by atoms with Crippen molar-refractivity contribution in [1.29, 1.82) is 0 Å². The molecule has 7 rings (SSSR count). The standard InChI is InChI=1S/C43H70O17/c1-38(2)11-12-43(37(55)56-6)21(13-38)20-7-8-25-39(3)14-22(48)34(42(18-46,19-47)26(39)9-10-40(25,4)41(20,5)15-27(43)49)60-36-32(54)33(29(51)24(17-45)58-36)59-35-31(53)30(52)28(50)23(16-44)57-35/h7,21-36,44-54H,8-19H2,1-6H3/t21-,22-,23+,24+,25+,26+,27+,28+,29+,30-,31+,32+,33-,34-,35-,36-,39+,40+,41+,43+/m0/s1. The Bertz CT molecular complexity index is 1600. The van der Waals surface area contributed by atoms with Gasteiger partial charge in [-0.3, -0.25) is 4.79 Å². The molecule has 20 atom stereocenters. The van der Waals surface area contributed by atoms with Crippen molar-refractivity contribution < 1.29 is 84.7 Å². The molecule has 2 saturated heterocycles. The highest BCUT2D eigenvalue weighted by molar-refractivity contribution is 5.79. The van der Waals surface area contributed by atoms with E-state index in [9.17, 15) is 61.0 Å². The first-order chi connectivity index (χ1) is 28.1. The van der Waals surface area contributed by atoms with Gasteiger partial charge in [-0.1, -0.05) is 46.3 Å². The molecule has 17 nitrogen and oxygen atoms in total. The zero-order valence-electron chi connectivity index (χ0n) is 35.7. The second kappa shape index (κ2) is 16.2. The smallest absolute Gasteiger partial charge is 0.315 e. The van der Waals surface area contributed by atoms with Crippen LogP contribution in [-0.4, -0.2) is 175 Å². The molecule has 0 radical (unpaired) electrons. The summed E-state index contributed by atoms with van der Waals surface area (Å²) >= 11 is 0. The van der Waals surface area contributed by atoms with Crippen LogP contribution in [0, 0.1) is 50.2 Å². The predicted octanol–water partition coefficient (Wildman–Crippen LogP) is -1.14. The Kier molecular flexibility index (Phi) is 12.6. The van der Waals surface area contributed by atoms with Crippen molar-refractivity contribution in [1.82, 2.24) is 0 Å². The lowest BCUT2D eigenvalue weighted by Crippen LogP contribution is -2.72. The van der Waals surface area contributed by atoms with Crippen LogP contribution in [0.25, 0.3) is 0 Å². The van der Waals surface area contributed by atoms with E-state index in [0.29, 0.717) is 32.1 Å². The fraction of sp³-hybridized carbons (Fsp3) is 0.930. The Morgan fingerprint density at radius 3 is 1.95 bits per heavy atom. The van der Waals surface area contributed by atoms with Crippen LogP contribution in [0.15, 0.2) is 11.6 Å². The van der Waals surface area contributed by atoms with Crippen LogP contribution in [0.5, 0.6) is 0 Å². The van der Waals surface area contributed by atoms with Gasteiger partial charge in [0.1, 0.15) is 54.2 Å². The number of carbonyl (C=O) groups is 1. The van der Waals surface area contributed by atoms with E-state index in [4.69, 9.17) is 23.7 Å². The predicted molar refractivity (Wildman–Crippen MR) is 208 cm³/mol. The number of fused-ring (bicyclic) bond motifs is 7. The number of allylic oxidation sites excluding steroid dienone is 2. The third-order valence-corrected chi connectivity index (χ3v) is 17.6. The number of rotatable bonds is 9. The third-order valence-electron chi connectivity index (χ3n) is 17.6. The van der Waals surface area contributed by atoms with Crippen LogP contribution < -0.4 is 0 Å². The maximum Gasteiger partial charge on any atom is 0.315 e. The highest BCUT2D eigenvalue weighted by Gasteiger charge is 2.73. The molecule has 0 aromatic carbocycles. The molecule has 344 valence electrons. The molecule has 60 heavy (non-hydrogen) atoms. The lowest BCUT2D eigenvalue weighted by molar-refractivity contribution is -0.377. The first-order valence-corrected chi connectivity index (χ1v) is 21.7. The van der Waals surface area contributed by atoms with Gasteiger partial charge in [-0.25, -0.2) is 0 Å². The summed E-state index contributed by atoms with van der Waals surface area (Å²) in [6, 6.07) is 0. The summed E-state index contributed by atoms with van der Waals surface area (Å²) in [5.41, 5.74) is -3.15. The molecule has 0 amide bonds. The zero-order chi connectivity index (χ0) is 44.1. The molecule has 2 aliphatic heterocycles. The highest BCUT2D eigenvalue weighted by Crippen LogP contribution is 2.76. The first-order valence-electron chi connectivity index (χ1n) is 21.7. The fourth-order valence-electron chi connectivity index (χ4n) is 14.1. The number of hydrogen-bond acceptors (Lipinski definition) is 17. The Balaban J connectivity index is 1.19. The summed E-state index contributed by atoms with van der Waals surface area (Å²) in [6.07, 6.45) is -14.1. The van der Waals surface area contributed by atoms with Gasteiger partial charge < -0.3 is 79.9 Å². The molecule has 17 heteroatoms. The van der Waals surface area contributed by atoms with Gasteiger partial charge in [0.15, 0.2) is 12.6 Å². The minimum absolute atomic E-state index is 0.0657. The Morgan fingerprint density at radius 2 is 1.35 bits per heavy atom. The number of aliphatic hydroxyl groups excluding tert-OH is 11. The van der Waals surface area contributed by atoms with Gasteiger partial charge in [-0.15, -0.1) is 0 Å². The number of hydrogen-bond donors (Lipinski definition) is 11.